The minimum Gasteiger partial charge on any atom is -0.336 e. The first-order chi connectivity index (χ1) is 15.9. The Hall–Kier alpha value is -2.72. The quantitative estimate of drug-likeness (QED) is 0.386. The van der Waals surface area contributed by atoms with Crippen LogP contribution in [0.5, 0.6) is 0 Å². The molecule has 2 amide bonds. The minimum absolute atomic E-state index is 0.0248. The third kappa shape index (κ3) is 5.11. The molecule has 0 bridgehead atoms. The van der Waals surface area contributed by atoms with Crippen LogP contribution in [0.4, 0.5) is 10.1 Å². The van der Waals surface area contributed by atoms with Crippen molar-refractivity contribution in [3.8, 4) is 0 Å². The van der Waals surface area contributed by atoms with Crippen molar-refractivity contribution in [2.75, 3.05) is 24.7 Å². The Labute approximate surface area is 199 Å². The van der Waals surface area contributed by atoms with Gasteiger partial charge in [-0.3, -0.25) is 19.0 Å². The zero-order valence-corrected chi connectivity index (χ0v) is 20.2. The van der Waals surface area contributed by atoms with Crippen LogP contribution in [0, 0.1) is 5.82 Å². The summed E-state index contributed by atoms with van der Waals surface area (Å²) < 4.78 is 14.7. The van der Waals surface area contributed by atoms with E-state index in [1.807, 2.05) is 6.92 Å². The molecular weight excluding hydrogens is 463 g/mol. The molecule has 0 radical (unpaired) electrons. The number of benzene rings is 1. The number of rotatable bonds is 8. The molecule has 1 aliphatic carbocycles. The number of likely N-dealkylation sites (N-methyl/N-ethyl adjacent to an activating group) is 1. The van der Waals surface area contributed by atoms with Gasteiger partial charge in [0.1, 0.15) is 10.6 Å². The summed E-state index contributed by atoms with van der Waals surface area (Å²) in [6.45, 7) is 2.41. The third-order valence-electron chi connectivity index (χ3n) is 5.50. The maximum atomic E-state index is 13.2. The molecule has 1 N–H and O–H groups in total. The highest BCUT2D eigenvalue weighted by Gasteiger charge is 2.24. The van der Waals surface area contributed by atoms with Gasteiger partial charge in [-0.05, 0) is 55.5 Å². The van der Waals surface area contributed by atoms with Gasteiger partial charge in [-0.25, -0.2) is 9.37 Å². The van der Waals surface area contributed by atoms with Gasteiger partial charge in [-0.2, -0.15) is 0 Å². The van der Waals surface area contributed by atoms with E-state index < -0.39 is 5.82 Å². The Morgan fingerprint density at radius 1 is 1.27 bits per heavy atom. The molecule has 0 spiro atoms. The zero-order valence-electron chi connectivity index (χ0n) is 18.5. The van der Waals surface area contributed by atoms with Crippen LogP contribution in [-0.2, 0) is 29.0 Å². The summed E-state index contributed by atoms with van der Waals surface area (Å²) in [4.78, 5) is 46.2. The number of carbonyl (C=O) groups excluding carboxylic acids is 2. The van der Waals surface area contributed by atoms with Gasteiger partial charge in [0.25, 0.3) is 5.56 Å². The number of fused-ring (bicyclic) bond motifs is 3. The van der Waals surface area contributed by atoms with E-state index in [9.17, 15) is 18.8 Å². The number of hydrogen-bond donors (Lipinski definition) is 1. The predicted octanol–water partition coefficient (Wildman–Crippen LogP) is 3.69. The molecular formula is C23H25FN4O3S2. The fourth-order valence-corrected chi connectivity index (χ4v) is 6.13. The lowest BCUT2D eigenvalue weighted by molar-refractivity contribution is -0.131. The molecule has 0 fully saturated rings. The molecule has 0 saturated carbocycles. The molecule has 3 aromatic rings. The van der Waals surface area contributed by atoms with Crippen molar-refractivity contribution in [1.82, 2.24) is 14.5 Å². The van der Waals surface area contributed by atoms with E-state index in [1.165, 1.54) is 45.8 Å². The summed E-state index contributed by atoms with van der Waals surface area (Å²) in [5.74, 6) is -0.955. The number of nitrogens with one attached hydrogen (secondary N) is 1. The van der Waals surface area contributed by atoms with Crippen molar-refractivity contribution in [3.05, 3.63) is 50.9 Å². The topological polar surface area (TPSA) is 84.3 Å². The van der Waals surface area contributed by atoms with Crippen LogP contribution in [0.15, 0.2) is 34.2 Å². The zero-order chi connectivity index (χ0) is 23.5. The number of halogens is 1. The first kappa shape index (κ1) is 23.4. The van der Waals surface area contributed by atoms with Gasteiger partial charge in [0.05, 0.1) is 17.7 Å². The molecule has 7 nitrogen and oxygen atoms in total. The number of aryl methyl sites for hydroxylation is 2. The normalized spacial score (nSPS) is 12.7. The maximum absolute atomic E-state index is 13.2. The number of amides is 2. The van der Waals surface area contributed by atoms with Crippen molar-refractivity contribution in [1.29, 1.82) is 0 Å². The predicted molar refractivity (Wildman–Crippen MR) is 130 cm³/mol. The molecule has 0 atom stereocenters. The highest BCUT2D eigenvalue weighted by atomic mass is 32.2. The van der Waals surface area contributed by atoms with Crippen LogP contribution in [0.1, 0.15) is 30.2 Å². The van der Waals surface area contributed by atoms with Crippen LogP contribution >= 0.6 is 23.1 Å². The van der Waals surface area contributed by atoms with E-state index in [1.54, 1.807) is 23.0 Å². The van der Waals surface area contributed by atoms with Crippen molar-refractivity contribution >= 4 is 50.8 Å². The number of anilines is 1. The average Bonchev–Trinajstić information content (AvgIpc) is 3.36. The van der Waals surface area contributed by atoms with Gasteiger partial charge in [0.15, 0.2) is 5.16 Å². The number of thiophene rings is 1. The lowest BCUT2D eigenvalue weighted by atomic mass is 10.2. The summed E-state index contributed by atoms with van der Waals surface area (Å²) in [6, 6.07) is 5.42. The third-order valence-corrected chi connectivity index (χ3v) is 7.64. The summed E-state index contributed by atoms with van der Waals surface area (Å²) in [7, 11) is 1.55. The molecule has 1 aliphatic rings. The van der Waals surface area contributed by atoms with Crippen LogP contribution in [0.25, 0.3) is 10.2 Å². The largest absolute Gasteiger partial charge is 0.336 e. The van der Waals surface area contributed by atoms with Crippen molar-refractivity contribution in [3.63, 3.8) is 0 Å². The molecule has 1 aromatic carbocycles. The van der Waals surface area contributed by atoms with E-state index in [0.717, 1.165) is 41.5 Å². The highest BCUT2D eigenvalue weighted by molar-refractivity contribution is 7.99. The summed E-state index contributed by atoms with van der Waals surface area (Å²) in [6.07, 6.45) is 3.78. The van der Waals surface area contributed by atoms with Crippen molar-refractivity contribution < 1.29 is 14.0 Å². The lowest BCUT2D eigenvalue weighted by Crippen LogP contribution is -2.36. The molecule has 2 aromatic heterocycles. The van der Waals surface area contributed by atoms with Gasteiger partial charge in [-0.1, -0.05) is 18.7 Å². The van der Waals surface area contributed by atoms with Gasteiger partial charge in [-0.15, -0.1) is 11.3 Å². The molecule has 33 heavy (non-hydrogen) atoms. The van der Waals surface area contributed by atoms with E-state index >= 15 is 0 Å². The van der Waals surface area contributed by atoms with Gasteiger partial charge >= 0.3 is 0 Å². The standard InChI is InChI=1S/C23H25FN4O3S2/c1-3-11-28-22(31)20-16-5-4-6-17(16)33-21(20)26-23(28)32-13-19(30)27(2)12-18(29)25-15-9-7-14(24)8-10-15/h7-10H,3-6,11-13H2,1-2H3,(H,25,29). The van der Waals surface area contributed by atoms with Crippen LogP contribution in [0.3, 0.4) is 0 Å². The van der Waals surface area contributed by atoms with Crippen molar-refractivity contribution in [2.45, 2.75) is 44.3 Å². The number of hydrogen-bond acceptors (Lipinski definition) is 6. The summed E-state index contributed by atoms with van der Waals surface area (Å²) in [5, 5.41) is 3.91. The monoisotopic (exact) mass is 488 g/mol. The summed E-state index contributed by atoms with van der Waals surface area (Å²) in [5.41, 5.74) is 1.58. The Bertz CT molecular complexity index is 1250. The van der Waals surface area contributed by atoms with Gasteiger partial charge in [0, 0.05) is 24.2 Å². The van der Waals surface area contributed by atoms with Crippen LogP contribution in [0.2, 0.25) is 0 Å². The first-order valence-corrected chi connectivity index (χ1v) is 12.6. The average molecular weight is 489 g/mol. The van der Waals surface area contributed by atoms with Gasteiger partial charge in [0.2, 0.25) is 11.8 Å². The molecule has 0 aliphatic heterocycles. The molecule has 10 heteroatoms. The van der Waals surface area contributed by atoms with Crippen LogP contribution in [-0.4, -0.2) is 45.6 Å². The van der Waals surface area contributed by atoms with Gasteiger partial charge < -0.3 is 10.2 Å². The lowest BCUT2D eigenvalue weighted by Gasteiger charge is -2.17. The number of aromatic nitrogens is 2. The Morgan fingerprint density at radius 2 is 2.03 bits per heavy atom. The molecule has 0 unspecified atom stereocenters. The Kier molecular flexibility index (Phi) is 7.14. The molecule has 4 rings (SSSR count). The number of thioether (sulfide) groups is 1. The highest BCUT2D eigenvalue weighted by Crippen LogP contribution is 2.35. The second-order valence-corrected chi connectivity index (χ2v) is 10.0. The molecule has 2 heterocycles. The number of nitrogens with zero attached hydrogens (tertiary/aromatic N) is 3. The first-order valence-electron chi connectivity index (χ1n) is 10.8. The minimum atomic E-state index is -0.391. The maximum Gasteiger partial charge on any atom is 0.263 e. The van der Waals surface area contributed by atoms with E-state index in [-0.39, 0.29) is 29.7 Å². The number of carbonyl (C=O) groups is 2. The van der Waals surface area contributed by atoms with E-state index in [0.29, 0.717) is 17.4 Å². The van der Waals surface area contributed by atoms with E-state index in [2.05, 4.69) is 5.32 Å². The second-order valence-electron chi connectivity index (χ2n) is 7.98. The Morgan fingerprint density at radius 3 is 2.76 bits per heavy atom. The Balaban J connectivity index is 1.43. The summed E-state index contributed by atoms with van der Waals surface area (Å²) >= 11 is 2.80. The molecule has 174 valence electrons. The molecule has 0 saturated heterocycles. The van der Waals surface area contributed by atoms with Crippen molar-refractivity contribution in [2.24, 2.45) is 0 Å². The fourth-order valence-electron chi connectivity index (χ4n) is 3.86. The SMILES string of the molecule is CCCn1c(SCC(=O)N(C)CC(=O)Nc2ccc(F)cc2)nc2sc3c(c2c1=O)CCC3. The smallest absolute Gasteiger partial charge is 0.263 e. The fraction of sp³-hybridized carbons (Fsp3) is 0.391. The van der Waals surface area contributed by atoms with E-state index in [4.69, 9.17) is 4.98 Å². The second kappa shape index (κ2) is 10.0. The van der Waals surface area contributed by atoms with Crippen LogP contribution < -0.4 is 10.9 Å².